The van der Waals surface area contributed by atoms with Crippen LogP contribution < -0.4 is 4.74 Å². The number of alkyl halides is 3. The number of halogens is 5. The summed E-state index contributed by atoms with van der Waals surface area (Å²) < 4.78 is 40.9. The second-order valence-corrected chi connectivity index (χ2v) is 5.01. The molecule has 0 aliphatic carbocycles. The number of ether oxygens (including phenoxy) is 1. The minimum atomic E-state index is -5.00. The van der Waals surface area contributed by atoms with E-state index in [1.165, 1.54) is 18.2 Å². The van der Waals surface area contributed by atoms with E-state index in [9.17, 15) is 18.0 Å². The summed E-state index contributed by atoms with van der Waals surface area (Å²) in [6, 6.07) is 7.84. The van der Waals surface area contributed by atoms with Gasteiger partial charge in [0.25, 0.3) is 0 Å². The van der Waals surface area contributed by atoms with Gasteiger partial charge < -0.3 is 9.84 Å². The Bertz CT molecular complexity index is 730. The molecule has 0 saturated carbocycles. The molecular formula is C14H7Cl2F3O3. The van der Waals surface area contributed by atoms with Crippen LogP contribution in [0.25, 0.3) is 11.1 Å². The van der Waals surface area contributed by atoms with Crippen LogP contribution in [0.2, 0.25) is 10.0 Å². The van der Waals surface area contributed by atoms with Crippen LogP contribution in [0.15, 0.2) is 36.4 Å². The summed E-state index contributed by atoms with van der Waals surface area (Å²) in [6.45, 7) is 0. The van der Waals surface area contributed by atoms with Gasteiger partial charge in [0.2, 0.25) is 0 Å². The zero-order chi connectivity index (χ0) is 16.5. The summed E-state index contributed by atoms with van der Waals surface area (Å²) in [6.07, 6.45) is -5.00. The first kappa shape index (κ1) is 16.5. The van der Waals surface area contributed by atoms with E-state index < -0.39 is 23.6 Å². The Kier molecular flexibility index (Phi) is 4.53. The molecule has 2 aromatic rings. The maximum absolute atomic E-state index is 12.4. The number of hydrogen-bond acceptors (Lipinski definition) is 2. The van der Waals surface area contributed by atoms with Crippen molar-refractivity contribution in [1.29, 1.82) is 0 Å². The lowest BCUT2D eigenvalue weighted by Gasteiger charge is -2.13. The summed E-state index contributed by atoms with van der Waals surface area (Å²) >= 11 is 11.6. The third-order valence-corrected chi connectivity index (χ3v) is 3.43. The number of hydrogen-bond donors (Lipinski definition) is 1. The van der Waals surface area contributed by atoms with Crippen molar-refractivity contribution < 1.29 is 27.8 Å². The van der Waals surface area contributed by atoms with Gasteiger partial charge in [-0.15, -0.1) is 13.2 Å². The van der Waals surface area contributed by atoms with Crippen LogP contribution in [0.3, 0.4) is 0 Å². The zero-order valence-corrected chi connectivity index (χ0v) is 12.1. The third kappa shape index (κ3) is 3.84. The lowest BCUT2D eigenvalue weighted by Crippen LogP contribution is -2.19. The molecule has 0 aliphatic heterocycles. The van der Waals surface area contributed by atoms with Crippen LogP contribution in [0.5, 0.6) is 5.75 Å². The molecule has 0 atom stereocenters. The molecule has 2 rings (SSSR count). The maximum Gasteiger partial charge on any atom is 0.573 e. The Labute approximate surface area is 132 Å². The monoisotopic (exact) mass is 350 g/mol. The van der Waals surface area contributed by atoms with Gasteiger partial charge in [-0.3, -0.25) is 0 Å². The Morgan fingerprint density at radius 2 is 1.59 bits per heavy atom. The molecule has 22 heavy (non-hydrogen) atoms. The summed E-state index contributed by atoms with van der Waals surface area (Å²) in [5.74, 6) is -2.33. The average Bonchev–Trinajstić information content (AvgIpc) is 2.39. The average molecular weight is 351 g/mol. The fraction of sp³-hybridized carbons (Fsp3) is 0.0714. The highest BCUT2D eigenvalue weighted by atomic mass is 35.5. The molecule has 0 unspecified atom stereocenters. The first-order chi connectivity index (χ1) is 10.2. The highest BCUT2D eigenvalue weighted by molar-refractivity contribution is 6.42. The van der Waals surface area contributed by atoms with Gasteiger partial charge in [-0.1, -0.05) is 35.3 Å². The van der Waals surface area contributed by atoms with Gasteiger partial charge in [-0.05, 0) is 35.4 Å². The number of carboxylic acids is 1. The SMILES string of the molecule is O=C(O)c1ccc(-c2ccc(Cl)c(Cl)c2)cc1OC(F)(F)F. The third-order valence-electron chi connectivity index (χ3n) is 2.69. The molecule has 2 aromatic carbocycles. The minimum absolute atomic E-state index is 0.222. The van der Waals surface area contributed by atoms with Gasteiger partial charge in [-0.25, -0.2) is 4.79 Å². The number of carboxylic acid groups (broad SMARTS) is 1. The number of aromatic carboxylic acids is 1. The quantitative estimate of drug-likeness (QED) is 0.821. The van der Waals surface area contributed by atoms with Gasteiger partial charge in [0.05, 0.1) is 10.0 Å². The van der Waals surface area contributed by atoms with Gasteiger partial charge in [0.15, 0.2) is 0 Å². The Morgan fingerprint density at radius 3 is 2.14 bits per heavy atom. The van der Waals surface area contributed by atoms with Crippen LogP contribution in [-0.2, 0) is 0 Å². The van der Waals surface area contributed by atoms with Crippen LogP contribution in [0.1, 0.15) is 10.4 Å². The first-order valence-electron chi connectivity index (χ1n) is 5.76. The molecule has 0 radical (unpaired) electrons. The Morgan fingerprint density at radius 1 is 1.00 bits per heavy atom. The standard InChI is InChI=1S/C14H7Cl2F3O3/c15-10-4-2-7(5-11(10)16)8-1-3-9(13(20)21)12(6-8)22-14(17,18)19/h1-6H,(H,20,21). The van der Waals surface area contributed by atoms with Crippen molar-refractivity contribution in [1.82, 2.24) is 0 Å². The van der Waals surface area contributed by atoms with E-state index >= 15 is 0 Å². The minimum Gasteiger partial charge on any atom is -0.478 e. The molecule has 0 spiro atoms. The van der Waals surface area contributed by atoms with Gasteiger partial charge >= 0.3 is 12.3 Å². The molecule has 3 nitrogen and oxygen atoms in total. The number of benzene rings is 2. The van der Waals surface area contributed by atoms with Crippen molar-refractivity contribution >= 4 is 29.2 Å². The molecule has 0 aliphatic rings. The lowest BCUT2D eigenvalue weighted by molar-refractivity contribution is -0.274. The molecule has 0 heterocycles. The fourth-order valence-corrected chi connectivity index (χ4v) is 2.06. The molecule has 0 fully saturated rings. The summed E-state index contributed by atoms with van der Waals surface area (Å²) in [4.78, 5) is 11.0. The maximum atomic E-state index is 12.4. The molecule has 0 bridgehead atoms. The van der Waals surface area contributed by atoms with Crippen molar-refractivity contribution in [3.05, 3.63) is 52.0 Å². The van der Waals surface area contributed by atoms with Gasteiger partial charge in [0.1, 0.15) is 11.3 Å². The Balaban J connectivity index is 2.52. The summed E-state index contributed by atoms with van der Waals surface area (Å²) in [5.41, 5.74) is 0.183. The van der Waals surface area contributed by atoms with E-state index in [0.717, 1.165) is 12.1 Å². The van der Waals surface area contributed by atoms with Crippen molar-refractivity contribution in [2.45, 2.75) is 6.36 Å². The second-order valence-electron chi connectivity index (χ2n) is 4.19. The van der Waals surface area contributed by atoms with Crippen molar-refractivity contribution in [3.8, 4) is 16.9 Å². The van der Waals surface area contributed by atoms with E-state index in [2.05, 4.69) is 4.74 Å². The van der Waals surface area contributed by atoms with Crippen LogP contribution >= 0.6 is 23.2 Å². The topological polar surface area (TPSA) is 46.5 Å². The highest BCUT2D eigenvalue weighted by Crippen LogP contribution is 2.33. The van der Waals surface area contributed by atoms with Crippen LogP contribution in [0, 0.1) is 0 Å². The van der Waals surface area contributed by atoms with Crippen molar-refractivity contribution in [3.63, 3.8) is 0 Å². The van der Waals surface area contributed by atoms with Crippen LogP contribution in [0.4, 0.5) is 13.2 Å². The smallest absolute Gasteiger partial charge is 0.478 e. The van der Waals surface area contributed by atoms with Gasteiger partial charge in [0, 0.05) is 0 Å². The summed E-state index contributed by atoms with van der Waals surface area (Å²) in [7, 11) is 0. The second kappa shape index (κ2) is 6.06. The molecule has 0 amide bonds. The molecule has 116 valence electrons. The molecule has 1 N–H and O–H groups in total. The molecule has 0 aromatic heterocycles. The summed E-state index contributed by atoms with van der Waals surface area (Å²) in [5, 5.41) is 9.43. The van der Waals surface area contributed by atoms with Crippen molar-refractivity contribution in [2.24, 2.45) is 0 Å². The normalized spacial score (nSPS) is 11.3. The van der Waals surface area contributed by atoms with E-state index in [4.69, 9.17) is 28.3 Å². The predicted molar refractivity (Wildman–Crippen MR) is 75.5 cm³/mol. The molecular weight excluding hydrogens is 344 g/mol. The lowest BCUT2D eigenvalue weighted by atomic mass is 10.0. The van der Waals surface area contributed by atoms with E-state index in [-0.39, 0.29) is 5.02 Å². The molecule has 0 saturated heterocycles. The van der Waals surface area contributed by atoms with Crippen LogP contribution in [-0.4, -0.2) is 17.4 Å². The zero-order valence-electron chi connectivity index (χ0n) is 10.6. The van der Waals surface area contributed by atoms with E-state index in [0.29, 0.717) is 16.1 Å². The van der Waals surface area contributed by atoms with Crippen molar-refractivity contribution in [2.75, 3.05) is 0 Å². The first-order valence-corrected chi connectivity index (χ1v) is 6.51. The predicted octanol–water partition coefficient (Wildman–Crippen LogP) is 5.26. The van der Waals surface area contributed by atoms with Gasteiger partial charge in [-0.2, -0.15) is 0 Å². The molecule has 8 heteroatoms. The van der Waals surface area contributed by atoms with E-state index in [1.807, 2.05) is 0 Å². The number of rotatable bonds is 3. The fourth-order valence-electron chi connectivity index (χ4n) is 1.76. The highest BCUT2D eigenvalue weighted by Gasteiger charge is 2.33. The Hall–Kier alpha value is -1.92. The number of carbonyl (C=O) groups is 1. The van der Waals surface area contributed by atoms with E-state index in [1.54, 1.807) is 6.07 Å². The largest absolute Gasteiger partial charge is 0.573 e.